The van der Waals surface area contributed by atoms with Gasteiger partial charge in [0, 0.05) is 0 Å². The van der Waals surface area contributed by atoms with E-state index in [4.69, 9.17) is 9.84 Å². The van der Waals surface area contributed by atoms with Crippen molar-refractivity contribution >= 4 is 17.8 Å². The van der Waals surface area contributed by atoms with Crippen molar-refractivity contribution in [2.45, 2.75) is 37.6 Å². The van der Waals surface area contributed by atoms with E-state index in [2.05, 4.69) is 10.3 Å². The van der Waals surface area contributed by atoms with Crippen LogP contribution in [0.1, 0.15) is 53.1 Å². The molecule has 2 rings (SSSR count). The Kier molecular flexibility index (Phi) is 4.75. The molecule has 0 aliphatic heterocycles. The zero-order valence-electron chi connectivity index (χ0n) is 12.3. The Balaban J connectivity index is 2.23. The molecule has 1 aliphatic rings. The number of carboxylic acid groups (broad SMARTS) is 1. The molecule has 1 aromatic heterocycles. The summed E-state index contributed by atoms with van der Waals surface area (Å²) in [5, 5.41) is 11.6. The molecule has 1 aliphatic carbocycles. The number of carbonyl (C=O) groups is 3. The first-order valence-electron chi connectivity index (χ1n) is 7.10. The maximum atomic E-state index is 12.3. The number of nitrogens with zero attached hydrogens (tertiary/aromatic N) is 1. The minimum atomic E-state index is -1.21. The summed E-state index contributed by atoms with van der Waals surface area (Å²) >= 11 is 0. The van der Waals surface area contributed by atoms with E-state index in [1.165, 1.54) is 25.3 Å². The van der Waals surface area contributed by atoms with Crippen molar-refractivity contribution in [2.75, 3.05) is 7.11 Å². The van der Waals surface area contributed by atoms with Gasteiger partial charge in [-0.1, -0.05) is 25.3 Å². The van der Waals surface area contributed by atoms with Gasteiger partial charge in [0.1, 0.15) is 16.9 Å². The van der Waals surface area contributed by atoms with Crippen molar-refractivity contribution in [1.29, 1.82) is 0 Å². The number of rotatable bonds is 4. The van der Waals surface area contributed by atoms with E-state index in [-0.39, 0.29) is 11.4 Å². The first-order chi connectivity index (χ1) is 10.5. The van der Waals surface area contributed by atoms with Gasteiger partial charge < -0.3 is 15.2 Å². The maximum absolute atomic E-state index is 12.3. The third kappa shape index (κ3) is 3.24. The third-order valence-electron chi connectivity index (χ3n) is 3.84. The fourth-order valence-electron chi connectivity index (χ4n) is 2.69. The highest BCUT2D eigenvalue weighted by molar-refractivity contribution is 5.97. The number of amides is 1. The fourth-order valence-corrected chi connectivity index (χ4v) is 2.69. The van der Waals surface area contributed by atoms with Crippen LogP contribution in [0.25, 0.3) is 0 Å². The van der Waals surface area contributed by atoms with E-state index in [0.717, 1.165) is 19.3 Å². The van der Waals surface area contributed by atoms with Gasteiger partial charge in [-0.25, -0.2) is 14.6 Å². The van der Waals surface area contributed by atoms with E-state index < -0.39 is 23.4 Å². The van der Waals surface area contributed by atoms with Gasteiger partial charge >= 0.3 is 11.9 Å². The van der Waals surface area contributed by atoms with Crippen molar-refractivity contribution in [1.82, 2.24) is 10.3 Å². The fraction of sp³-hybridized carbons (Fsp3) is 0.467. The number of hydrogen-bond acceptors (Lipinski definition) is 5. The third-order valence-corrected chi connectivity index (χ3v) is 3.84. The Morgan fingerprint density at radius 2 is 1.82 bits per heavy atom. The highest BCUT2D eigenvalue weighted by Gasteiger charge is 2.42. The molecule has 0 saturated heterocycles. The van der Waals surface area contributed by atoms with Crippen LogP contribution in [-0.2, 0) is 9.53 Å². The van der Waals surface area contributed by atoms with Crippen molar-refractivity contribution in [2.24, 2.45) is 0 Å². The molecular weight excluding hydrogens is 288 g/mol. The zero-order chi connectivity index (χ0) is 16.2. The molecule has 7 nitrogen and oxygen atoms in total. The minimum Gasteiger partial charge on any atom is -0.477 e. The van der Waals surface area contributed by atoms with Crippen LogP contribution in [0.15, 0.2) is 18.2 Å². The molecule has 2 N–H and O–H groups in total. The van der Waals surface area contributed by atoms with Crippen molar-refractivity contribution < 1.29 is 24.2 Å². The number of carbonyl (C=O) groups excluding carboxylic acids is 2. The topological polar surface area (TPSA) is 106 Å². The molecular formula is C15H18N2O5. The molecule has 0 aromatic carbocycles. The van der Waals surface area contributed by atoms with Gasteiger partial charge in [0.15, 0.2) is 0 Å². The molecule has 0 radical (unpaired) electrons. The average molecular weight is 306 g/mol. The Hall–Kier alpha value is -2.44. The number of aromatic carboxylic acids is 1. The van der Waals surface area contributed by atoms with E-state index in [9.17, 15) is 14.4 Å². The van der Waals surface area contributed by atoms with Crippen LogP contribution in [0.5, 0.6) is 0 Å². The first kappa shape index (κ1) is 15.9. The summed E-state index contributed by atoms with van der Waals surface area (Å²) < 4.78 is 4.82. The van der Waals surface area contributed by atoms with E-state index in [1.807, 2.05) is 0 Å². The lowest BCUT2D eigenvalue weighted by Gasteiger charge is -2.35. The summed E-state index contributed by atoms with van der Waals surface area (Å²) in [5.74, 6) is -2.26. The smallest absolute Gasteiger partial charge is 0.354 e. The second-order valence-electron chi connectivity index (χ2n) is 5.30. The first-order valence-corrected chi connectivity index (χ1v) is 7.10. The number of esters is 1. The number of nitrogens with one attached hydrogen (secondary N) is 1. The van der Waals surface area contributed by atoms with Gasteiger partial charge in [0.05, 0.1) is 7.11 Å². The van der Waals surface area contributed by atoms with Crippen LogP contribution in [-0.4, -0.2) is 40.6 Å². The van der Waals surface area contributed by atoms with Crippen LogP contribution < -0.4 is 5.32 Å². The van der Waals surface area contributed by atoms with Gasteiger partial charge in [-0.3, -0.25) is 4.79 Å². The summed E-state index contributed by atoms with van der Waals surface area (Å²) in [5.41, 5.74) is -1.30. The largest absolute Gasteiger partial charge is 0.477 e. The lowest BCUT2D eigenvalue weighted by atomic mass is 9.81. The SMILES string of the molecule is COC(=O)C1(NC(=O)c2cccc(C(=O)O)n2)CCCCC1. The second kappa shape index (κ2) is 6.55. The number of carboxylic acids is 1. The van der Waals surface area contributed by atoms with E-state index in [0.29, 0.717) is 12.8 Å². The molecule has 0 bridgehead atoms. The van der Waals surface area contributed by atoms with Crippen molar-refractivity contribution in [3.05, 3.63) is 29.6 Å². The quantitative estimate of drug-likeness (QED) is 0.814. The summed E-state index contributed by atoms with van der Waals surface area (Å²) in [7, 11) is 1.29. The number of ether oxygens (including phenoxy) is 1. The summed E-state index contributed by atoms with van der Waals surface area (Å²) in [4.78, 5) is 39.1. The lowest BCUT2D eigenvalue weighted by Crippen LogP contribution is -2.56. The normalized spacial score (nSPS) is 16.6. The standard InChI is InChI=1S/C15H18N2O5/c1-22-14(21)15(8-3-2-4-9-15)17-12(18)10-6-5-7-11(16-10)13(19)20/h5-7H,2-4,8-9H2,1H3,(H,17,18)(H,19,20). The Morgan fingerprint density at radius 1 is 1.18 bits per heavy atom. The Labute approximate surface area is 127 Å². The monoisotopic (exact) mass is 306 g/mol. The van der Waals surface area contributed by atoms with Crippen LogP contribution >= 0.6 is 0 Å². The molecule has 0 atom stereocenters. The predicted octanol–water partition coefficient (Wildman–Crippen LogP) is 1.39. The highest BCUT2D eigenvalue weighted by atomic mass is 16.5. The van der Waals surface area contributed by atoms with Gasteiger partial charge in [0.25, 0.3) is 5.91 Å². The molecule has 22 heavy (non-hydrogen) atoms. The maximum Gasteiger partial charge on any atom is 0.354 e. The zero-order valence-corrected chi connectivity index (χ0v) is 12.3. The van der Waals surface area contributed by atoms with Crippen LogP contribution in [0.3, 0.4) is 0 Å². The number of aromatic nitrogens is 1. The highest BCUT2D eigenvalue weighted by Crippen LogP contribution is 2.29. The van der Waals surface area contributed by atoms with E-state index >= 15 is 0 Å². The molecule has 1 amide bonds. The van der Waals surface area contributed by atoms with Crippen LogP contribution in [0.2, 0.25) is 0 Å². The number of methoxy groups -OCH3 is 1. The molecule has 1 heterocycles. The van der Waals surface area contributed by atoms with E-state index in [1.54, 1.807) is 0 Å². The van der Waals surface area contributed by atoms with Crippen molar-refractivity contribution in [3.63, 3.8) is 0 Å². The molecule has 7 heteroatoms. The Morgan fingerprint density at radius 3 is 2.41 bits per heavy atom. The summed E-state index contributed by atoms with van der Waals surface area (Å²) in [6.07, 6.45) is 3.64. The van der Waals surface area contributed by atoms with Gasteiger partial charge in [-0.15, -0.1) is 0 Å². The molecule has 0 spiro atoms. The van der Waals surface area contributed by atoms with Gasteiger partial charge in [-0.2, -0.15) is 0 Å². The average Bonchev–Trinajstić information content (AvgIpc) is 2.55. The number of pyridine rings is 1. The minimum absolute atomic E-state index is 0.0336. The molecule has 118 valence electrons. The second-order valence-corrected chi connectivity index (χ2v) is 5.30. The molecule has 1 aromatic rings. The Bertz CT molecular complexity index is 593. The molecule has 0 unspecified atom stereocenters. The number of hydrogen-bond donors (Lipinski definition) is 2. The van der Waals surface area contributed by atoms with Crippen LogP contribution in [0.4, 0.5) is 0 Å². The van der Waals surface area contributed by atoms with Crippen molar-refractivity contribution in [3.8, 4) is 0 Å². The van der Waals surface area contributed by atoms with Gasteiger partial charge in [-0.05, 0) is 25.0 Å². The molecule has 1 fully saturated rings. The summed E-state index contributed by atoms with van der Waals surface area (Å²) in [6.45, 7) is 0. The lowest BCUT2D eigenvalue weighted by molar-refractivity contribution is -0.149. The van der Waals surface area contributed by atoms with Gasteiger partial charge in [0.2, 0.25) is 0 Å². The summed E-state index contributed by atoms with van der Waals surface area (Å²) in [6, 6.07) is 4.16. The molecule has 1 saturated carbocycles. The van der Waals surface area contributed by atoms with Crippen LogP contribution in [0, 0.1) is 0 Å². The predicted molar refractivity (Wildman–Crippen MR) is 76.5 cm³/mol.